The molecule has 0 saturated carbocycles. The monoisotopic (exact) mass is 207 g/mol. The first-order chi connectivity index (χ1) is 7.18. The van der Waals surface area contributed by atoms with E-state index in [2.05, 4.69) is 22.1 Å². The van der Waals surface area contributed by atoms with E-state index in [1.54, 1.807) is 0 Å². The topological polar surface area (TPSA) is 56.9 Å². The molecule has 2 heterocycles. The molecule has 0 amide bonds. The van der Waals surface area contributed by atoms with E-state index < -0.39 is 0 Å². The van der Waals surface area contributed by atoms with Crippen LogP contribution in [0.1, 0.15) is 12.6 Å². The van der Waals surface area contributed by atoms with Crippen molar-refractivity contribution in [2.75, 3.05) is 13.1 Å². The van der Waals surface area contributed by atoms with Crippen molar-refractivity contribution in [3.8, 4) is 0 Å². The molecule has 2 N–H and O–H groups in total. The molecular formula is C10H17N5. The van der Waals surface area contributed by atoms with Crippen LogP contribution in [0, 0.1) is 5.41 Å². The van der Waals surface area contributed by atoms with Gasteiger partial charge in [-0.05, 0) is 6.92 Å². The van der Waals surface area contributed by atoms with Gasteiger partial charge >= 0.3 is 0 Å². The molecule has 0 aromatic carbocycles. The Bertz CT molecular complexity index is 356. The highest BCUT2D eigenvalue weighted by Crippen LogP contribution is 2.07. The Balaban J connectivity index is 1.93. The molecule has 1 aromatic heterocycles. The van der Waals surface area contributed by atoms with Gasteiger partial charge in [-0.25, -0.2) is 4.98 Å². The quantitative estimate of drug-likeness (QED) is 0.744. The van der Waals surface area contributed by atoms with Gasteiger partial charge < -0.3 is 14.8 Å². The molecule has 1 aromatic rings. The average Bonchev–Trinajstić information content (AvgIpc) is 2.73. The van der Waals surface area contributed by atoms with E-state index in [0.717, 1.165) is 19.5 Å². The first-order valence-electron chi connectivity index (χ1n) is 5.22. The molecule has 0 spiro atoms. The predicted octanol–water partition coefficient (Wildman–Crippen LogP) is 0.191. The molecule has 1 atom stereocenters. The summed E-state index contributed by atoms with van der Waals surface area (Å²) < 4.78 is 2.03. The second-order valence-corrected chi connectivity index (χ2v) is 4.02. The van der Waals surface area contributed by atoms with E-state index in [1.165, 1.54) is 5.69 Å². The molecule has 2 rings (SSSR count). The SMILES string of the molecule is C[C@H]1CNC(=N)N1CCc1cncn1C. The van der Waals surface area contributed by atoms with Crippen LogP contribution in [-0.2, 0) is 13.5 Å². The zero-order valence-electron chi connectivity index (χ0n) is 9.20. The van der Waals surface area contributed by atoms with Gasteiger partial charge in [0, 0.05) is 44.5 Å². The molecule has 0 aliphatic carbocycles. The highest BCUT2D eigenvalue weighted by molar-refractivity contribution is 5.79. The lowest BCUT2D eigenvalue weighted by Crippen LogP contribution is -2.35. The third kappa shape index (κ3) is 1.95. The first kappa shape index (κ1) is 10.0. The standard InChI is InChI=1S/C10H17N5/c1-8-5-13-10(11)15(8)4-3-9-6-12-7-14(9)2/h6-8H,3-5H2,1-2H3,(H2,11,13)/t8-/m0/s1. The van der Waals surface area contributed by atoms with Gasteiger partial charge in [0.1, 0.15) is 0 Å². The Morgan fingerprint density at radius 1 is 1.67 bits per heavy atom. The van der Waals surface area contributed by atoms with E-state index in [0.29, 0.717) is 12.0 Å². The smallest absolute Gasteiger partial charge is 0.191 e. The van der Waals surface area contributed by atoms with Gasteiger partial charge in [-0.1, -0.05) is 0 Å². The van der Waals surface area contributed by atoms with Crippen LogP contribution in [0.25, 0.3) is 0 Å². The van der Waals surface area contributed by atoms with Crippen molar-refractivity contribution in [1.29, 1.82) is 5.41 Å². The summed E-state index contributed by atoms with van der Waals surface area (Å²) in [6, 6.07) is 0.422. The van der Waals surface area contributed by atoms with Crippen molar-refractivity contribution in [3.63, 3.8) is 0 Å². The zero-order chi connectivity index (χ0) is 10.8. The molecule has 82 valence electrons. The molecule has 1 fully saturated rings. The second-order valence-electron chi connectivity index (χ2n) is 4.02. The third-order valence-electron chi connectivity index (χ3n) is 2.91. The van der Waals surface area contributed by atoms with Crippen molar-refractivity contribution < 1.29 is 0 Å². The van der Waals surface area contributed by atoms with Gasteiger partial charge in [0.2, 0.25) is 0 Å². The molecule has 0 unspecified atom stereocenters. The number of aromatic nitrogens is 2. The van der Waals surface area contributed by atoms with Gasteiger partial charge in [0.25, 0.3) is 0 Å². The largest absolute Gasteiger partial charge is 0.354 e. The summed E-state index contributed by atoms with van der Waals surface area (Å²) in [5.41, 5.74) is 1.21. The van der Waals surface area contributed by atoms with Gasteiger partial charge in [0.05, 0.1) is 6.33 Å². The molecule has 5 heteroatoms. The number of nitrogens with one attached hydrogen (secondary N) is 2. The Morgan fingerprint density at radius 3 is 3.00 bits per heavy atom. The van der Waals surface area contributed by atoms with Gasteiger partial charge in [-0.3, -0.25) is 5.41 Å². The summed E-state index contributed by atoms with van der Waals surface area (Å²) >= 11 is 0. The van der Waals surface area contributed by atoms with E-state index in [-0.39, 0.29) is 0 Å². The van der Waals surface area contributed by atoms with Gasteiger partial charge in [-0.15, -0.1) is 0 Å². The van der Waals surface area contributed by atoms with Crippen LogP contribution in [0.3, 0.4) is 0 Å². The molecule has 1 aliphatic rings. The number of guanidine groups is 1. The molecule has 0 radical (unpaired) electrons. The summed E-state index contributed by atoms with van der Waals surface area (Å²) in [6.45, 7) is 3.90. The van der Waals surface area contributed by atoms with Crippen molar-refractivity contribution >= 4 is 5.96 Å². The van der Waals surface area contributed by atoms with E-state index in [9.17, 15) is 0 Å². The second kappa shape index (κ2) is 3.92. The number of nitrogens with zero attached hydrogens (tertiary/aromatic N) is 3. The number of hydrogen-bond donors (Lipinski definition) is 2. The van der Waals surface area contributed by atoms with Crippen LogP contribution in [0.4, 0.5) is 0 Å². The Hall–Kier alpha value is -1.52. The maximum absolute atomic E-state index is 7.71. The van der Waals surface area contributed by atoms with Gasteiger partial charge in [0.15, 0.2) is 5.96 Å². The Labute approximate surface area is 89.6 Å². The number of hydrogen-bond acceptors (Lipinski definition) is 2. The fourth-order valence-corrected chi connectivity index (χ4v) is 1.87. The fourth-order valence-electron chi connectivity index (χ4n) is 1.87. The normalized spacial score (nSPS) is 20.8. The lowest BCUT2D eigenvalue weighted by atomic mass is 10.2. The maximum Gasteiger partial charge on any atom is 0.191 e. The lowest BCUT2D eigenvalue weighted by molar-refractivity contribution is 0.369. The Morgan fingerprint density at radius 2 is 2.47 bits per heavy atom. The molecule has 1 aliphatic heterocycles. The van der Waals surface area contributed by atoms with Crippen LogP contribution < -0.4 is 5.32 Å². The first-order valence-corrected chi connectivity index (χ1v) is 5.22. The number of aryl methyl sites for hydroxylation is 1. The minimum absolute atomic E-state index is 0.422. The number of imidazole rings is 1. The van der Waals surface area contributed by atoms with Crippen molar-refractivity contribution in [2.45, 2.75) is 19.4 Å². The van der Waals surface area contributed by atoms with Crippen LogP contribution >= 0.6 is 0 Å². The van der Waals surface area contributed by atoms with Crippen molar-refractivity contribution in [1.82, 2.24) is 19.8 Å². The zero-order valence-corrected chi connectivity index (χ0v) is 9.20. The summed E-state index contributed by atoms with van der Waals surface area (Å²) in [4.78, 5) is 6.17. The summed E-state index contributed by atoms with van der Waals surface area (Å²) in [6.07, 6.45) is 4.63. The minimum Gasteiger partial charge on any atom is -0.354 e. The predicted molar refractivity (Wildman–Crippen MR) is 58.8 cm³/mol. The fraction of sp³-hybridized carbons (Fsp3) is 0.600. The molecule has 5 nitrogen and oxygen atoms in total. The van der Waals surface area contributed by atoms with E-state index in [1.807, 2.05) is 24.1 Å². The summed E-state index contributed by atoms with van der Waals surface area (Å²) in [7, 11) is 2.00. The third-order valence-corrected chi connectivity index (χ3v) is 2.91. The van der Waals surface area contributed by atoms with Gasteiger partial charge in [-0.2, -0.15) is 0 Å². The Kier molecular flexibility index (Phi) is 2.62. The molecule has 0 bridgehead atoms. The van der Waals surface area contributed by atoms with E-state index in [4.69, 9.17) is 5.41 Å². The van der Waals surface area contributed by atoms with Crippen molar-refractivity contribution in [2.24, 2.45) is 7.05 Å². The highest BCUT2D eigenvalue weighted by atomic mass is 15.3. The molecule has 1 saturated heterocycles. The van der Waals surface area contributed by atoms with E-state index >= 15 is 0 Å². The highest BCUT2D eigenvalue weighted by Gasteiger charge is 2.23. The minimum atomic E-state index is 0.422. The average molecular weight is 207 g/mol. The van der Waals surface area contributed by atoms with Crippen LogP contribution in [0.2, 0.25) is 0 Å². The van der Waals surface area contributed by atoms with Crippen LogP contribution in [0.5, 0.6) is 0 Å². The van der Waals surface area contributed by atoms with Crippen molar-refractivity contribution in [3.05, 3.63) is 18.2 Å². The lowest BCUT2D eigenvalue weighted by Gasteiger charge is -2.21. The molecule has 15 heavy (non-hydrogen) atoms. The summed E-state index contributed by atoms with van der Waals surface area (Å²) in [5.74, 6) is 0.546. The molecular weight excluding hydrogens is 190 g/mol. The maximum atomic E-state index is 7.71. The summed E-state index contributed by atoms with van der Waals surface area (Å²) in [5, 5.41) is 10.8. The van der Waals surface area contributed by atoms with Crippen LogP contribution in [-0.4, -0.2) is 39.5 Å². The number of rotatable bonds is 3. The van der Waals surface area contributed by atoms with Crippen LogP contribution in [0.15, 0.2) is 12.5 Å².